The molecule has 6 nitrogen and oxygen atoms in total. The monoisotopic (exact) mass is 323 g/mol. The second-order valence-corrected chi connectivity index (χ2v) is 4.41. The van der Waals surface area contributed by atoms with Gasteiger partial charge in [-0.05, 0) is 35.4 Å². The molecule has 15 heavy (non-hydrogen) atoms. The first-order valence-electron chi connectivity index (χ1n) is 4.65. The first-order chi connectivity index (χ1) is 7.18. The molecule has 82 valence electrons. The summed E-state index contributed by atoms with van der Waals surface area (Å²) < 4.78 is 7.37. The highest BCUT2D eigenvalue weighted by molar-refractivity contribution is 14.1. The maximum atomic E-state index is 10.6. The predicted molar refractivity (Wildman–Crippen MR) is 60.7 cm³/mol. The molecule has 0 radical (unpaired) electrons. The Morgan fingerprint density at radius 2 is 2.27 bits per heavy atom. The fourth-order valence-corrected chi connectivity index (χ4v) is 2.20. The molecule has 0 aliphatic carbocycles. The normalized spacial score (nSPS) is 17.9. The van der Waals surface area contributed by atoms with Gasteiger partial charge >= 0.3 is 5.69 Å². The van der Waals surface area contributed by atoms with E-state index in [2.05, 4.69) is 5.10 Å². The van der Waals surface area contributed by atoms with Gasteiger partial charge in [0.05, 0.1) is 11.0 Å². The largest absolute Gasteiger partial charge is 0.381 e. The van der Waals surface area contributed by atoms with Gasteiger partial charge in [0.15, 0.2) is 3.70 Å². The van der Waals surface area contributed by atoms with E-state index in [4.69, 9.17) is 4.74 Å². The first kappa shape index (κ1) is 10.8. The van der Waals surface area contributed by atoms with Crippen molar-refractivity contribution in [2.45, 2.75) is 18.9 Å². The molecule has 2 rings (SSSR count). The van der Waals surface area contributed by atoms with Crippen LogP contribution in [0.2, 0.25) is 0 Å². The first-order valence-corrected chi connectivity index (χ1v) is 5.73. The third kappa shape index (κ3) is 2.28. The van der Waals surface area contributed by atoms with E-state index >= 15 is 0 Å². The molecule has 0 N–H and O–H groups in total. The van der Waals surface area contributed by atoms with Gasteiger partial charge in [-0.1, -0.05) is 0 Å². The highest BCUT2D eigenvalue weighted by Crippen LogP contribution is 2.25. The lowest BCUT2D eigenvalue weighted by molar-refractivity contribution is -0.385. The van der Waals surface area contributed by atoms with Gasteiger partial charge in [-0.2, -0.15) is 5.10 Å². The van der Waals surface area contributed by atoms with Crippen LogP contribution in [0, 0.1) is 13.8 Å². The number of nitrogens with zero attached hydrogens (tertiary/aromatic N) is 3. The number of hydrogen-bond acceptors (Lipinski definition) is 4. The van der Waals surface area contributed by atoms with Crippen LogP contribution in [0.1, 0.15) is 18.9 Å². The molecule has 1 aliphatic rings. The summed E-state index contributed by atoms with van der Waals surface area (Å²) in [6.07, 6.45) is 3.25. The molecule has 7 heteroatoms. The van der Waals surface area contributed by atoms with Crippen LogP contribution < -0.4 is 0 Å². The van der Waals surface area contributed by atoms with E-state index in [0.29, 0.717) is 16.9 Å². The van der Waals surface area contributed by atoms with Crippen molar-refractivity contribution in [2.75, 3.05) is 13.2 Å². The zero-order valence-electron chi connectivity index (χ0n) is 7.93. The summed E-state index contributed by atoms with van der Waals surface area (Å²) in [5.41, 5.74) is 0.0853. The van der Waals surface area contributed by atoms with Crippen LogP contribution in [0.3, 0.4) is 0 Å². The average molecular weight is 323 g/mol. The van der Waals surface area contributed by atoms with Crippen LogP contribution in [-0.4, -0.2) is 27.9 Å². The lowest BCUT2D eigenvalue weighted by Crippen LogP contribution is -2.19. The third-order valence-electron chi connectivity index (χ3n) is 2.43. The minimum absolute atomic E-state index is 0.0853. The molecule has 1 aliphatic heterocycles. The van der Waals surface area contributed by atoms with Crippen molar-refractivity contribution < 1.29 is 9.66 Å². The number of aromatic nitrogens is 2. The van der Waals surface area contributed by atoms with E-state index in [1.54, 1.807) is 4.68 Å². The summed E-state index contributed by atoms with van der Waals surface area (Å²) >= 11 is 1.89. The fourth-order valence-electron chi connectivity index (χ4n) is 1.62. The van der Waals surface area contributed by atoms with Gasteiger partial charge in [0.25, 0.3) is 0 Å². The van der Waals surface area contributed by atoms with Crippen molar-refractivity contribution in [2.24, 2.45) is 0 Å². The Hall–Kier alpha value is -0.700. The Kier molecular flexibility index (Phi) is 3.19. The summed E-state index contributed by atoms with van der Waals surface area (Å²) in [5.74, 6) is 0. The van der Waals surface area contributed by atoms with Gasteiger partial charge in [0.2, 0.25) is 0 Å². The Balaban J connectivity index is 2.21. The molecule has 0 saturated carbocycles. The predicted octanol–water partition coefficient (Wildman–Crippen LogP) is 1.75. The molecule has 0 unspecified atom stereocenters. The number of rotatable bonds is 2. The summed E-state index contributed by atoms with van der Waals surface area (Å²) in [5, 5.41) is 14.8. The molecule has 0 bridgehead atoms. The van der Waals surface area contributed by atoms with E-state index < -0.39 is 4.92 Å². The van der Waals surface area contributed by atoms with Crippen LogP contribution in [0.5, 0.6) is 0 Å². The standard InChI is InChI=1S/C8H10IN3O3/c9-8-7(12(13)14)5-11(10-8)6-1-3-15-4-2-6/h5-6H,1-4H2. The maximum Gasteiger partial charge on any atom is 0.320 e. The van der Waals surface area contributed by atoms with E-state index in [-0.39, 0.29) is 11.7 Å². The number of halogens is 1. The molecule has 1 aromatic rings. The Morgan fingerprint density at radius 3 is 2.80 bits per heavy atom. The Morgan fingerprint density at radius 1 is 1.60 bits per heavy atom. The smallest absolute Gasteiger partial charge is 0.320 e. The van der Waals surface area contributed by atoms with Crippen molar-refractivity contribution in [1.82, 2.24) is 9.78 Å². The number of ether oxygens (including phenoxy) is 1. The summed E-state index contributed by atoms with van der Waals surface area (Å²) in [6.45, 7) is 1.41. The molecule has 0 amide bonds. The van der Waals surface area contributed by atoms with Crippen LogP contribution in [-0.2, 0) is 4.74 Å². The van der Waals surface area contributed by atoms with Crippen LogP contribution >= 0.6 is 22.6 Å². The summed E-state index contributed by atoms with van der Waals surface area (Å²) in [7, 11) is 0. The van der Waals surface area contributed by atoms with Gasteiger partial charge in [-0.3, -0.25) is 14.8 Å². The number of hydrogen-bond donors (Lipinski definition) is 0. The highest BCUT2D eigenvalue weighted by Gasteiger charge is 2.22. The molecule has 2 heterocycles. The zero-order valence-corrected chi connectivity index (χ0v) is 10.1. The summed E-state index contributed by atoms with van der Waals surface area (Å²) in [6, 6.07) is 0.237. The van der Waals surface area contributed by atoms with Crippen molar-refractivity contribution in [3.63, 3.8) is 0 Å². The Labute approximate surface area is 99.9 Å². The van der Waals surface area contributed by atoms with Crippen LogP contribution in [0.4, 0.5) is 5.69 Å². The van der Waals surface area contributed by atoms with Crippen molar-refractivity contribution in [1.29, 1.82) is 0 Å². The molecule has 1 saturated heterocycles. The van der Waals surface area contributed by atoms with Gasteiger partial charge in [-0.25, -0.2) is 0 Å². The molecular formula is C8H10IN3O3. The molecule has 0 aromatic carbocycles. The fraction of sp³-hybridized carbons (Fsp3) is 0.625. The number of nitro groups is 1. The maximum absolute atomic E-state index is 10.6. The third-order valence-corrected chi connectivity index (χ3v) is 3.20. The quantitative estimate of drug-likeness (QED) is 0.472. The van der Waals surface area contributed by atoms with Gasteiger partial charge in [0, 0.05) is 13.2 Å². The van der Waals surface area contributed by atoms with Crippen molar-refractivity contribution in [3.8, 4) is 0 Å². The van der Waals surface area contributed by atoms with Gasteiger partial charge in [-0.15, -0.1) is 0 Å². The molecule has 1 aromatic heterocycles. The van der Waals surface area contributed by atoms with Crippen molar-refractivity contribution >= 4 is 28.3 Å². The van der Waals surface area contributed by atoms with Crippen LogP contribution in [0.25, 0.3) is 0 Å². The van der Waals surface area contributed by atoms with E-state index in [1.807, 2.05) is 22.6 Å². The minimum Gasteiger partial charge on any atom is -0.381 e. The zero-order chi connectivity index (χ0) is 10.8. The Bertz CT molecular complexity index is 373. The van der Waals surface area contributed by atoms with E-state index in [9.17, 15) is 10.1 Å². The average Bonchev–Trinajstić information content (AvgIpc) is 2.62. The second-order valence-electron chi connectivity index (χ2n) is 3.39. The van der Waals surface area contributed by atoms with Gasteiger partial charge < -0.3 is 4.74 Å². The minimum atomic E-state index is -0.398. The topological polar surface area (TPSA) is 70.2 Å². The molecule has 0 spiro atoms. The summed E-state index contributed by atoms with van der Waals surface area (Å²) in [4.78, 5) is 10.2. The molecule has 1 fully saturated rings. The lowest BCUT2D eigenvalue weighted by Gasteiger charge is -2.21. The van der Waals surface area contributed by atoms with E-state index in [1.165, 1.54) is 6.20 Å². The van der Waals surface area contributed by atoms with Gasteiger partial charge in [0.1, 0.15) is 6.20 Å². The SMILES string of the molecule is O=[N+]([O-])c1cn(C2CCOCC2)nc1I. The second kappa shape index (κ2) is 4.44. The van der Waals surface area contributed by atoms with Crippen molar-refractivity contribution in [3.05, 3.63) is 20.0 Å². The molecule has 0 atom stereocenters. The lowest BCUT2D eigenvalue weighted by atomic mass is 10.1. The van der Waals surface area contributed by atoms with Crippen LogP contribution in [0.15, 0.2) is 6.20 Å². The molecular weight excluding hydrogens is 313 g/mol. The van der Waals surface area contributed by atoms with E-state index in [0.717, 1.165) is 12.8 Å². The highest BCUT2D eigenvalue weighted by atomic mass is 127.